The van der Waals surface area contributed by atoms with Crippen molar-refractivity contribution in [2.45, 2.75) is 38.6 Å². The minimum atomic E-state index is 0.503. The molecule has 1 aliphatic rings. The Labute approximate surface area is 94.2 Å². The van der Waals surface area contributed by atoms with E-state index in [4.69, 9.17) is 4.74 Å². The molecule has 0 saturated carbocycles. The molecule has 0 bridgehead atoms. The lowest BCUT2D eigenvalue weighted by Gasteiger charge is -2.08. The van der Waals surface area contributed by atoms with Crippen LogP contribution in [0.5, 0.6) is 5.19 Å². The average molecular weight is 227 g/mol. The molecular formula is C10H17N3OS. The van der Waals surface area contributed by atoms with Crippen molar-refractivity contribution in [2.75, 3.05) is 13.2 Å². The molecule has 1 atom stereocenters. The van der Waals surface area contributed by atoms with E-state index in [0.29, 0.717) is 11.2 Å². The zero-order chi connectivity index (χ0) is 10.5. The molecule has 2 heterocycles. The SMILES string of the molecule is CCCc1nsc(OCC2CCCN2)n1. The Balaban J connectivity index is 1.77. The standard InChI is InChI=1S/C10H17N3OS/c1-2-4-9-12-10(15-13-9)14-7-8-5-3-6-11-8/h8,11H,2-7H2,1H3. The molecule has 1 unspecified atom stereocenters. The van der Waals surface area contributed by atoms with Gasteiger partial charge in [-0.1, -0.05) is 6.92 Å². The second-order valence-corrected chi connectivity index (χ2v) is 4.55. The summed E-state index contributed by atoms with van der Waals surface area (Å²) in [7, 11) is 0. The zero-order valence-corrected chi connectivity index (χ0v) is 9.85. The van der Waals surface area contributed by atoms with Gasteiger partial charge in [-0.3, -0.25) is 0 Å². The molecule has 0 radical (unpaired) electrons. The molecule has 0 spiro atoms. The predicted molar refractivity (Wildman–Crippen MR) is 60.4 cm³/mol. The lowest BCUT2D eigenvalue weighted by Crippen LogP contribution is -2.28. The first kappa shape index (κ1) is 10.8. The monoisotopic (exact) mass is 227 g/mol. The minimum Gasteiger partial charge on any atom is -0.467 e. The number of nitrogens with zero attached hydrogens (tertiary/aromatic N) is 2. The van der Waals surface area contributed by atoms with Crippen molar-refractivity contribution in [2.24, 2.45) is 0 Å². The summed E-state index contributed by atoms with van der Waals surface area (Å²) >= 11 is 1.36. The number of nitrogens with one attached hydrogen (secondary N) is 1. The second-order valence-electron chi connectivity index (χ2n) is 3.83. The van der Waals surface area contributed by atoms with Gasteiger partial charge < -0.3 is 10.1 Å². The Morgan fingerprint density at radius 1 is 1.60 bits per heavy atom. The van der Waals surface area contributed by atoms with Crippen molar-refractivity contribution in [3.63, 3.8) is 0 Å². The number of hydrogen-bond donors (Lipinski definition) is 1. The normalized spacial score (nSPS) is 20.7. The van der Waals surface area contributed by atoms with E-state index in [2.05, 4.69) is 21.6 Å². The van der Waals surface area contributed by atoms with Gasteiger partial charge in [0.15, 0.2) is 0 Å². The Hall–Kier alpha value is -0.680. The molecule has 2 rings (SSSR count). The van der Waals surface area contributed by atoms with Crippen LogP contribution >= 0.6 is 11.5 Å². The van der Waals surface area contributed by atoms with Crippen LogP contribution in [0.25, 0.3) is 0 Å². The van der Waals surface area contributed by atoms with Gasteiger partial charge in [-0.15, -0.1) is 0 Å². The van der Waals surface area contributed by atoms with E-state index in [9.17, 15) is 0 Å². The summed E-state index contributed by atoms with van der Waals surface area (Å²) in [6, 6.07) is 0.503. The van der Waals surface area contributed by atoms with E-state index in [1.165, 1.54) is 24.4 Å². The van der Waals surface area contributed by atoms with E-state index >= 15 is 0 Å². The number of aromatic nitrogens is 2. The molecule has 1 aromatic rings. The van der Waals surface area contributed by atoms with Crippen LogP contribution in [0, 0.1) is 0 Å². The Kier molecular flexibility index (Phi) is 3.91. The Bertz CT molecular complexity index is 297. The van der Waals surface area contributed by atoms with Gasteiger partial charge >= 0.3 is 0 Å². The number of ether oxygens (including phenoxy) is 1. The molecule has 0 amide bonds. The van der Waals surface area contributed by atoms with E-state index < -0.39 is 0 Å². The van der Waals surface area contributed by atoms with Crippen molar-refractivity contribution in [3.8, 4) is 5.19 Å². The van der Waals surface area contributed by atoms with E-state index in [1.54, 1.807) is 0 Å². The summed E-state index contributed by atoms with van der Waals surface area (Å²) < 4.78 is 9.84. The third-order valence-corrected chi connectivity index (χ3v) is 3.16. The van der Waals surface area contributed by atoms with Gasteiger partial charge in [0, 0.05) is 24.0 Å². The summed E-state index contributed by atoms with van der Waals surface area (Å²) in [6.45, 7) is 3.97. The molecule has 84 valence electrons. The maximum atomic E-state index is 5.60. The molecule has 5 heteroatoms. The molecule has 1 saturated heterocycles. The van der Waals surface area contributed by atoms with Gasteiger partial charge in [0.05, 0.1) is 0 Å². The maximum absolute atomic E-state index is 5.60. The van der Waals surface area contributed by atoms with E-state index in [1.807, 2.05) is 0 Å². The highest BCUT2D eigenvalue weighted by molar-refractivity contribution is 7.07. The molecule has 0 aliphatic carbocycles. The summed E-state index contributed by atoms with van der Waals surface area (Å²) in [4.78, 5) is 4.32. The first-order chi connectivity index (χ1) is 7.38. The maximum Gasteiger partial charge on any atom is 0.293 e. The van der Waals surface area contributed by atoms with Crippen LogP contribution in [0.15, 0.2) is 0 Å². The third-order valence-electron chi connectivity index (χ3n) is 2.49. The largest absolute Gasteiger partial charge is 0.467 e. The first-order valence-electron chi connectivity index (χ1n) is 5.57. The fraction of sp³-hybridized carbons (Fsp3) is 0.800. The highest BCUT2D eigenvalue weighted by atomic mass is 32.1. The van der Waals surface area contributed by atoms with Crippen molar-refractivity contribution in [3.05, 3.63) is 5.82 Å². The molecule has 1 aromatic heterocycles. The molecule has 1 fully saturated rings. The van der Waals surface area contributed by atoms with Gasteiger partial charge in [0.25, 0.3) is 5.19 Å². The fourth-order valence-corrected chi connectivity index (χ4v) is 2.28. The van der Waals surface area contributed by atoms with E-state index in [-0.39, 0.29) is 0 Å². The quantitative estimate of drug-likeness (QED) is 0.830. The predicted octanol–water partition coefficient (Wildman–Crippen LogP) is 1.62. The molecular weight excluding hydrogens is 210 g/mol. The van der Waals surface area contributed by atoms with Gasteiger partial charge in [-0.2, -0.15) is 9.36 Å². The van der Waals surface area contributed by atoms with Gasteiger partial charge in [0.1, 0.15) is 12.4 Å². The van der Waals surface area contributed by atoms with Crippen LogP contribution in [0.1, 0.15) is 32.0 Å². The lowest BCUT2D eigenvalue weighted by molar-refractivity contribution is 0.275. The van der Waals surface area contributed by atoms with Gasteiger partial charge in [0.2, 0.25) is 0 Å². The van der Waals surface area contributed by atoms with Crippen LogP contribution in [0.2, 0.25) is 0 Å². The van der Waals surface area contributed by atoms with Crippen LogP contribution in [-0.2, 0) is 6.42 Å². The molecule has 1 aliphatic heterocycles. The smallest absolute Gasteiger partial charge is 0.293 e. The lowest BCUT2D eigenvalue weighted by atomic mass is 10.2. The van der Waals surface area contributed by atoms with Crippen LogP contribution in [0.4, 0.5) is 0 Å². The van der Waals surface area contributed by atoms with Gasteiger partial charge in [-0.25, -0.2) is 0 Å². The van der Waals surface area contributed by atoms with Crippen LogP contribution in [0.3, 0.4) is 0 Å². The fourth-order valence-electron chi connectivity index (χ4n) is 1.69. The Morgan fingerprint density at radius 2 is 2.53 bits per heavy atom. The third kappa shape index (κ3) is 3.14. The van der Waals surface area contributed by atoms with Crippen molar-refractivity contribution in [1.82, 2.24) is 14.7 Å². The van der Waals surface area contributed by atoms with Crippen molar-refractivity contribution < 1.29 is 4.74 Å². The zero-order valence-electron chi connectivity index (χ0n) is 9.03. The first-order valence-corrected chi connectivity index (χ1v) is 6.34. The summed E-state index contributed by atoms with van der Waals surface area (Å²) in [6.07, 6.45) is 4.49. The van der Waals surface area contributed by atoms with Crippen LogP contribution in [-0.4, -0.2) is 28.6 Å². The Morgan fingerprint density at radius 3 is 3.27 bits per heavy atom. The second kappa shape index (κ2) is 5.42. The average Bonchev–Trinajstić information content (AvgIpc) is 2.85. The number of rotatable bonds is 5. The van der Waals surface area contributed by atoms with Crippen molar-refractivity contribution in [1.29, 1.82) is 0 Å². The topological polar surface area (TPSA) is 47.0 Å². The number of aryl methyl sites for hydroxylation is 1. The summed E-state index contributed by atoms with van der Waals surface area (Å²) in [5.41, 5.74) is 0. The van der Waals surface area contributed by atoms with Crippen molar-refractivity contribution >= 4 is 11.5 Å². The van der Waals surface area contributed by atoms with E-state index in [0.717, 1.165) is 31.8 Å². The van der Waals surface area contributed by atoms with Gasteiger partial charge in [-0.05, 0) is 25.8 Å². The summed E-state index contributed by atoms with van der Waals surface area (Å²) in [5, 5.41) is 4.11. The molecule has 15 heavy (non-hydrogen) atoms. The molecule has 4 nitrogen and oxygen atoms in total. The molecule has 1 N–H and O–H groups in total. The highest BCUT2D eigenvalue weighted by Crippen LogP contribution is 2.16. The van der Waals surface area contributed by atoms with Crippen LogP contribution < -0.4 is 10.1 Å². The molecule has 0 aromatic carbocycles. The highest BCUT2D eigenvalue weighted by Gasteiger charge is 2.15. The minimum absolute atomic E-state index is 0.503. The summed E-state index contributed by atoms with van der Waals surface area (Å²) in [5.74, 6) is 0.914. The number of hydrogen-bond acceptors (Lipinski definition) is 5.